The maximum Gasteiger partial charge on any atom is 0.405 e. The third-order valence-electron chi connectivity index (χ3n) is 4.50. The lowest BCUT2D eigenvalue weighted by atomic mass is 9.91. The number of amides is 2. The number of nitrogens with one attached hydrogen (secondary N) is 3. The van der Waals surface area contributed by atoms with Crippen molar-refractivity contribution in [2.24, 2.45) is 0 Å². The molecule has 0 aliphatic rings. The van der Waals surface area contributed by atoms with Gasteiger partial charge in [0.2, 0.25) is 5.91 Å². The number of carboxylic acid groups (broad SMARTS) is 1. The van der Waals surface area contributed by atoms with Crippen molar-refractivity contribution >= 4 is 22.9 Å². The van der Waals surface area contributed by atoms with Crippen molar-refractivity contribution in [1.82, 2.24) is 20.6 Å². The van der Waals surface area contributed by atoms with Crippen molar-refractivity contribution in [3.8, 4) is 0 Å². The molecule has 0 aliphatic heterocycles. The highest BCUT2D eigenvalue weighted by molar-refractivity contribution is 5.91. The molecule has 7 heteroatoms. The molecule has 4 N–H and O–H groups in total. The number of pyridine rings is 1. The zero-order valence-electron chi connectivity index (χ0n) is 15.0. The van der Waals surface area contributed by atoms with Crippen LogP contribution in [-0.4, -0.2) is 39.2 Å². The fourth-order valence-corrected chi connectivity index (χ4v) is 3.12. The third kappa shape index (κ3) is 4.44. The van der Waals surface area contributed by atoms with Crippen LogP contribution in [0.25, 0.3) is 10.9 Å². The number of rotatable bonds is 7. The number of fused-ring (bicyclic) bond motifs is 1. The van der Waals surface area contributed by atoms with Crippen molar-refractivity contribution in [3.05, 3.63) is 66.1 Å². The minimum Gasteiger partial charge on any atom is -0.465 e. The normalized spacial score (nSPS) is 13.1. The molecule has 140 valence electrons. The first kappa shape index (κ1) is 18.4. The molecule has 7 nitrogen and oxygen atoms in total. The molecule has 3 aromatic rings. The lowest BCUT2D eigenvalue weighted by Crippen LogP contribution is -2.58. The van der Waals surface area contributed by atoms with E-state index in [1.807, 2.05) is 48.7 Å². The van der Waals surface area contributed by atoms with E-state index in [9.17, 15) is 14.7 Å². The summed E-state index contributed by atoms with van der Waals surface area (Å²) in [4.78, 5) is 31.5. The van der Waals surface area contributed by atoms with Crippen molar-refractivity contribution in [3.63, 3.8) is 0 Å². The van der Waals surface area contributed by atoms with Gasteiger partial charge in [-0.05, 0) is 30.7 Å². The summed E-state index contributed by atoms with van der Waals surface area (Å²) < 4.78 is 0. The van der Waals surface area contributed by atoms with Gasteiger partial charge in [0.05, 0.1) is 0 Å². The summed E-state index contributed by atoms with van der Waals surface area (Å²) in [5.41, 5.74) is 1.39. The molecule has 3 rings (SSSR count). The molecule has 2 aromatic heterocycles. The molecule has 0 unspecified atom stereocenters. The molecule has 1 atom stereocenters. The van der Waals surface area contributed by atoms with Crippen LogP contribution in [0.5, 0.6) is 0 Å². The fourth-order valence-electron chi connectivity index (χ4n) is 3.12. The lowest BCUT2D eigenvalue weighted by molar-refractivity contribution is -0.126. The standard InChI is InChI=1S/C20H22N4O3/c1-20(24-19(26)27,12-14-13-23-17-8-3-2-7-16(14)17)18(25)22-11-9-15-6-4-5-10-21-15/h2-8,10,13,23-24H,9,11-12H2,1H3,(H,22,25)(H,26,27)/t20-/m1/s1. The number of hydrogen-bond donors (Lipinski definition) is 4. The first-order valence-electron chi connectivity index (χ1n) is 8.72. The molecular weight excluding hydrogens is 344 g/mol. The van der Waals surface area contributed by atoms with Crippen molar-refractivity contribution in [2.75, 3.05) is 6.54 Å². The number of aromatic nitrogens is 2. The van der Waals surface area contributed by atoms with E-state index >= 15 is 0 Å². The number of benzene rings is 1. The van der Waals surface area contributed by atoms with Gasteiger partial charge in [-0.3, -0.25) is 9.78 Å². The van der Waals surface area contributed by atoms with Gasteiger partial charge in [-0.1, -0.05) is 24.3 Å². The molecule has 0 radical (unpaired) electrons. The van der Waals surface area contributed by atoms with Crippen molar-refractivity contribution < 1.29 is 14.7 Å². The molecule has 0 saturated heterocycles. The molecule has 27 heavy (non-hydrogen) atoms. The zero-order valence-corrected chi connectivity index (χ0v) is 15.0. The number of carbonyl (C=O) groups excluding carboxylic acids is 1. The maximum absolute atomic E-state index is 12.8. The number of nitrogens with zero attached hydrogens (tertiary/aromatic N) is 1. The molecule has 2 amide bonds. The summed E-state index contributed by atoms with van der Waals surface area (Å²) in [6.45, 7) is 1.97. The van der Waals surface area contributed by atoms with Gasteiger partial charge < -0.3 is 20.7 Å². The smallest absolute Gasteiger partial charge is 0.405 e. The minimum atomic E-state index is -1.29. The van der Waals surface area contributed by atoms with Gasteiger partial charge in [0.1, 0.15) is 5.54 Å². The number of carbonyl (C=O) groups is 2. The van der Waals surface area contributed by atoms with E-state index in [0.29, 0.717) is 13.0 Å². The SMILES string of the molecule is C[C@](Cc1c[nH]c2ccccc12)(NC(=O)O)C(=O)NCCc1ccccn1. The molecule has 0 spiro atoms. The first-order valence-corrected chi connectivity index (χ1v) is 8.72. The van der Waals surface area contributed by atoms with Gasteiger partial charge in [0.25, 0.3) is 0 Å². The maximum atomic E-state index is 12.8. The van der Waals surface area contributed by atoms with Gasteiger partial charge in [-0.2, -0.15) is 0 Å². The quantitative estimate of drug-likeness (QED) is 0.515. The largest absolute Gasteiger partial charge is 0.465 e. The Labute approximate surface area is 156 Å². The Morgan fingerprint density at radius 2 is 1.96 bits per heavy atom. The highest BCUT2D eigenvalue weighted by atomic mass is 16.4. The molecule has 0 aliphatic carbocycles. The Morgan fingerprint density at radius 1 is 1.19 bits per heavy atom. The molecule has 0 bridgehead atoms. The van der Waals surface area contributed by atoms with Gasteiger partial charge in [0.15, 0.2) is 0 Å². The van der Waals surface area contributed by atoms with E-state index in [-0.39, 0.29) is 12.3 Å². The summed E-state index contributed by atoms with van der Waals surface area (Å²) in [5.74, 6) is -0.369. The molecule has 2 heterocycles. The second kappa shape index (κ2) is 7.90. The van der Waals surface area contributed by atoms with Crippen LogP contribution in [0.1, 0.15) is 18.2 Å². The highest BCUT2D eigenvalue weighted by Gasteiger charge is 2.35. The summed E-state index contributed by atoms with van der Waals surface area (Å²) in [7, 11) is 0. The monoisotopic (exact) mass is 366 g/mol. The second-order valence-electron chi connectivity index (χ2n) is 6.63. The van der Waals surface area contributed by atoms with E-state index < -0.39 is 11.6 Å². The minimum absolute atomic E-state index is 0.235. The second-order valence-corrected chi connectivity index (χ2v) is 6.63. The van der Waals surface area contributed by atoms with E-state index in [0.717, 1.165) is 22.2 Å². The number of para-hydroxylation sites is 1. The topological polar surface area (TPSA) is 107 Å². The Morgan fingerprint density at radius 3 is 2.70 bits per heavy atom. The Balaban J connectivity index is 1.73. The highest BCUT2D eigenvalue weighted by Crippen LogP contribution is 2.23. The number of hydrogen-bond acceptors (Lipinski definition) is 3. The van der Waals surface area contributed by atoms with E-state index in [2.05, 4.69) is 20.6 Å². The van der Waals surface area contributed by atoms with Crippen LogP contribution in [-0.2, 0) is 17.6 Å². The number of H-pyrrole nitrogens is 1. The summed E-state index contributed by atoms with van der Waals surface area (Å²) in [6.07, 6.45) is 3.08. The molecular formula is C20H22N4O3. The van der Waals surface area contributed by atoms with Crippen molar-refractivity contribution in [1.29, 1.82) is 0 Å². The fraction of sp³-hybridized carbons (Fsp3) is 0.250. The third-order valence-corrected chi connectivity index (χ3v) is 4.50. The van der Waals surface area contributed by atoms with Crippen LogP contribution in [0.3, 0.4) is 0 Å². The van der Waals surface area contributed by atoms with Gasteiger partial charge in [-0.15, -0.1) is 0 Å². The Kier molecular flexibility index (Phi) is 5.40. The van der Waals surface area contributed by atoms with Gasteiger partial charge in [0, 0.05) is 48.4 Å². The number of aromatic amines is 1. The first-order chi connectivity index (χ1) is 13.0. The summed E-state index contributed by atoms with van der Waals surface area (Å²) in [6, 6.07) is 13.3. The summed E-state index contributed by atoms with van der Waals surface area (Å²) >= 11 is 0. The predicted molar refractivity (Wildman–Crippen MR) is 103 cm³/mol. The lowest BCUT2D eigenvalue weighted by Gasteiger charge is -2.28. The average Bonchev–Trinajstić information content (AvgIpc) is 3.04. The van der Waals surface area contributed by atoms with E-state index in [4.69, 9.17) is 0 Å². The average molecular weight is 366 g/mol. The zero-order chi connectivity index (χ0) is 19.3. The van der Waals surface area contributed by atoms with E-state index in [1.54, 1.807) is 13.1 Å². The van der Waals surface area contributed by atoms with Gasteiger partial charge >= 0.3 is 6.09 Å². The van der Waals surface area contributed by atoms with Crippen LogP contribution < -0.4 is 10.6 Å². The van der Waals surface area contributed by atoms with Crippen LogP contribution in [0.2, 0.25) is 0 Å². The molecule has 1 aromatic carbocycles. The van der Waals surface area contributed by atoms with E-state index in [1.165, 1.54) is 0 Å². The molecule has 0 fully saturated rings. The predicted octanol–water partition coefficient (Wildman–Crippen LogP) is 2.49. The van der Waals surface area contributed by atoms with Crippen LogP contribution in [0.15, 0.2) is 54.9 Å². The summed E-state index contributed by atoms with van der Waals surface area (Å²) in [5, 5.41) is 15.4. The van der Waals surface area contributed by atoms with Gasteiger partial charge in [-0.25, -0.2) is 4.79 Å². The molecule has 0 saturated carbocycles. The van der Waals surface area contributed by atoms with Crippen LogP contribution >= 0.6 is 0 Å². The Hall–Kier alpha value is -3.35. The Bertz CT molecular complexity index is 939. The van der Waals surface area contributed by atoms with Crippen LogP contribution in [0.4, 0.5) is 4.79 Å². The van der Waals surface area contributed by atoms with Crippen LogP contribution in [0, 0.1) is 0 Å². The van der Waals surface area contributed by atoms with Crippen molar-refractivity contribution in [2.45, 2.75) is 25.3 Å².